The molecule has 0 atom stereocenters. The van der Waals surface area contributed by atoms with Crippen LogP contribution in [0.2, 0.25) is 10.0 Å². The van der Waals surface area contributed by atoms with Crippen LogP contribution in [0.5, 0.6) is 0 Å². The lowest BCUT2D eigenvalue weighted by Gasteiger charge is -2.19. The van der Waals surface area contributed by atoms with Gasteiger partial charge in [-0.2, -0.15) is 0 Å². The fraction of sp³-hybridized carbons (Fsp3) is 0.208. The molecule has 3 rings (SSSR count). The Balaban J connectivity index is 1.77. The highest BCUT2D eigenvalue weighted by Gasteiger charge is 2.17. The summed E-state index contributed by atoms with van der Waals surface area (Å²) in [4.78, 5) is 12.9. The van der Waals surface area contributed by atoms with Gasteiger partial charge in [0, 0.05) is 16.8 Å². The van der Waals surface area contributed by atoms with Gasteiger partial charge >= 0.3 is 0 Å². The van der Waals surface area contributed by atoms with E-state index in [1.54, 1.807) is 42.5 Å². The summed E-state index contributed by atoms with van der Waals surface area (Å²) < 4.78 is 27.7. The SMILES string of the molecule is CC(C)(C)c1ccc(C(=O)c2cccc(NS(=O)(=O)Cc3ccc(Cl)c(Cl)c3)c2)cc1. The molecule has 0 saturated heterocycles. The second kappa shape index (κ2) is 9.03. The maximum Gasteiger partial charge on any atom is 0.236 e. The zero-order valence-electron chi connectivity index (χ0n) is 17.4. The van der Waals surface area contributed by atoms with Crippen molar-refractivity contribution in [2.45, 2.75) is 31.9 Å². The van der Waals surface area contributed by atoms with E-state index < -0.39 is 10.0 Å². The molecule has 0 fully saturated rings. The average molecular weight is 476 g/mol. The van der Waals surface area contributed by atoms with Crippen LogP contribution in [0.4, 0.5) is 5.69 Å². The number of benzene rings is 3. The minimum atomic E-state index is -3.71. The molecule has 0 aliphatic carbocycles. The fourth-order valence-electron chi connectivity index (χ4n) is 3.08. The molecule has 0 radical (unpaired) electrons. The number of hydrogen-bond donors (Lipinski definition) is 1. The summed E-state index contributed by atoms with van der Waals surface area (Å²) in [6.45, 7) is 6.33. The van der Waals surface area contributed by atoms with Crippen molar-refractivity contribution in [2.24, 2.45) is 0 Å². The van der Waals surface area contributed by atoms with Crippen LogP contribution in [-0.4, -0.2) is 14.2 Å². The van der Waals surface area contributed by atoms with E-state index in [2.05, 4.69) is 25.5 Å². The molecule has 0 amide bonds. The Morgan fingerprint density at radius 2 is 1.55 bits per heavy atom. The van der Waals surface area contributed by atoms with Crippen molar-refractivity contribution in [2.75, 3.05) is 4.72 Å². The number of halogens is 2. The van der Waals surface area contributed by atoms with Crippen LogP contribution in [-0.2, 0) is 21.2 Å². The van der Waals surface area contributed by atoms with Crippen LogP contribution < -0.4 is 4.72 Å². The van der Waals surface area contributed by atoms with Gasteiger partial charge in [0.05, 0.1) is 15.8 Å². The van der Waals surface area contributed by atoms with Crippen molar-refractivity contribution in [3.05, 3.63) is 99.0 Å². The number of sulfonamides is 1. The van der Waals surface area contributed by atoms with Crippen LogP contribution in [0.25, 0.3) is 0 Å². The predicted molar refractivity (Wildman–Crippen MR) is 128 cm³/mol. The summed E-state index contributed by atoms with van der Waals surface area (Å²) in [6.07, 6.45) is 0. The first-order valence-electron chi connectivity index (χ1n) is 9.64. The lowest BCUT2D eigenvalue weighted by Crippen LogP contribution is -2.15. The third kappa shape index (κ3) is 6.10. The zero-order valence-corrected chi connectivity index (χ0v) is 19.8. The van der Waals surface area contributed by atoms with Gasteiger partial charge in [-0.25, -0.2) is 8.42 Å². The molecular weight excluding hydrogens is 453 g/mol. The number of hydrogen-bond acceptors (Lipinski definition) is 3. The Labute approximate surface area is 193 Å². The number of carbonyl (C=O) groups excluding carboxylic acids is 1. The number of nitrogens with one attached hydrogen (secondary N) is 1. The molecular formula is C24H23Cl2NO3S. The fourth-order valence-corrected chi connectivity index (χ4v) is 4.57. The standard InChI is InChI=1S/C24H23Cl2NO3S/c1-24(2,3)19-10-8-17(9-11-19)23(28)18-5-4-6-20(14-18)27-31(29,30)15-16-7-12-21(25)22(26)13-16/h4-14,27H,15H2,1-3H3. The third-order valence-electron chi connectivity index (χ3n) is 4.75. The van der Waals surface area contributed by atoms with Crippen molar-refractivity contribution in [3.63, 3.8) is 0 Å². The van der Waals surface area contributed by atoms with Gasteiger partial charge in [0.15, 0.2) is 5.78 Å². The highest BCUT2D eigenvalue weighted by molar-refractivity contribution is 7.91. The zero-order chi connectivity index (χ0) is 22.8. The van der Waals surface area contributed by atoms with Crippen LogP contribution in [0, 0.1) is 0 Å². The van der Waals surface area contributed by atoms with E-state index in [1.165, 1.54) is 12.1 Å². The largest absolute Gasteiger partial charge is 0.289 e. The van der Waals surface area contributed by atoms with E-state index in [0.29, 0.717) is 32.4 Å². The lowest BCUT2D eigenvalue weighted by atomic mass is 9.86. The molecule has 0 aliphatic heterocycles. The predicted octanol–water partition coefficient (Wildman–Crippen LogP) is 6.46. The number of carbonyl (C=O) groups is 1. The van der Waals surface area contributed by atoms with Crippen LogP contribution >= 0.6 is 23.2 Å². The molecule has 0 bridgehead atoms. The van der Waals surface area contributed by atoms with E-state index in [9.17, 15) is 13.2 Å². The molecule has 0 spiro atoms. The molecule has 0 saturated carbocycles. The topological polar surface area (TPSA) is 63.2 Å². The Bertz CT molecular complexity index is 1210. The first kappa shape index (κ1) is 23.3. The molecule has 0 aromatic heterocycles. The molecule has 0 unspecified atom stereocenters. The maximum absolute atomic E-state index is 12.9. The van der Waals surface area contributed by atoms with Gasteiger partial charge in [0.1, 0.15) is 0 Å². The van der Waals surface area contributed by atoms with Crippen molar-refractivity contribution in [1.29, 1.82) is 0 Å². The Morgan fingerprint density at radius 3 is 2.16 bits per heavy atom. The van der Waals surface area contributed by atoms with E-state index in [-0.39, 0.29) is 17.0 Å². The van der Waals surface area contributed by atoms with Crippen LogP contribution in [0.3, 0.4) is 0 Å². The smallest absolute Gasteiger partial charge is 0.236 e. The van der Waals surface area contributed by atoms with E-state index in [0.717, 1.165) is 5.56 Å². The normalized spacial score (nSPS) is 11.9. The summed E-state index contributed by atoms with van der Waals surface area (Å²) in [5, 5.41) is 0.650. The van der Waals surface area contributed by atoms with Crippen LogP contribution in [0.15, 0.2) is 66.7 Å². The van der Waals surface area contributed by atoms with Gasteiger partial charge in [-0.05, 0) is 40.8 Å². The maximum atomic E-state index is 12.9. The minimum Gasteiger partial charge on any atom is -0.289 e. The van der Waals surface area contributed by atoms with Gasteiger partial charge in [-0.15, -0.1) is 0 Å². The first-order valence-corrected chi connectivity index (χ1v) is 12.1. The van der Waals surface area contributed by atoms with Crippen LogP contribution in [0.1, 0.15) is 47.8 Å². The summed E-state index contributed by atoms with van der Waals surface area (Å²) in [5.41, 5.74) is 2.90. The molecule has 7 heteroatoms. The quantitative estimate of drug-likeness (QED) is 0.415. The Hall–Kier alpha value is -2.34. The van der Waals surface area contributed by atoms with Gasteiger partial charge in [-0.1, -0.05) is 86.4 Å². The summed E-state index contributed by atoms with van der Waals surface area (Å²) in [6, 6.07) is 18.6. The molecule has 3 aromatic rings. The number of anilines is 1. The summed E-state index contributed by atoms with van der Waals surface area (Å²) in [5.74, 6) is -0.443. The molecule has 162 valence electrons. The summed E-state index contributed by atoms with van der Waals surface area (Å²) >= 11 is 11.8. The van der Waals surface area contributed by atoms with E-state index in [1.807, 2.05) is 12.1 Å². The second-order valence-corrected chi connectivity index (χ2v) is 10.9. The highest BCUT2D eigenvalue weighted by Crippen LogP contribution is 2.25. The monoisotopic (exact) mass is 475 g/mol. The van der Waals surface area contributed by atoms with Gasteiger partial charge in [-0.3, -0.25) is 9.52 Å². The van der Waals surface area contributed by atoms with Crippen molar-refractivity contribution < 1.29 is 13.2 Å². The molecule has 4 nitrogen and oxygen atoms in total. The van der Waals surface area contributed by atoms with Gasteiger partial charge < -0.3 is 0 Å². The van der Waals surface area contributed by atoms with E-state index in [4.69, 9.17) is 23.2 Å². The molecule has 1 N–H and O–H groups in total. The third-order valence-corrected chi connectivity index (χ3v) is 6.75. The number of rotatable bonds is 6. The number of ketones is 1. The highest BCUT2D eigenvalue weighted by atomic mass is 35.5. The Kier molecular flexibility index (Phi) is 6.79. The second-order valence-electron chi connectivity index (χ2n) is 8.35. The first-order chi connectivity index (χ1) is 14.4. The molecule has 0 heterocycles. The molecule has 3 aromatic carbocycles. The van der Waals surface area contributed by atoms with E-state index >= 15 is 0 Å². The van der Waals surface area contributed by atoms with Crippen molar-refractivity contribution in [1.82, 2.24) is 0 Å². The van der Waals surface area contributed by atoms with Gasteiger partial charge in [0.2, 0.25) is 10.0 Å². The minimum absolute atomic E-state index is 0.00587. The molecule has 31 heavy (non-hydrogen) atoms. The summed E-state index contributed by atoms with van der Waals surface area (Å²) in [7, 11) is -3.71. The van der Waals surface area contributed by atoms with Crippen molar-refractivity contribution >= 4 is 44.7 Å². The van der Waals surface area contributed by atoms with Gasteiger partial charge in [0.25, 0.3) is 0 Å². The lowest BCUT2D eigenvalue weighted by molar-refractivity contribution is 0.103. The molecule has 0 aliphatic rings. The Morgan fingerprint density at radius 1 is 0.871 bits per heavy atom. The average Bonchev–Trinajstić information content (AvgIpc) is 2.69. The van der Waals surface area contributed by atoms with Crippen molar-refractivity contribution in [3.8, 4) is 0 Å².